The lowest BCUT2D eigenvalue weighted by Crippen LogP contribution is -2.47. The zero-order valence-electron chi connectivity index (χ0n) is 14.0. The van der Waals surface area contributed by atoms with Crippen molar-refractivity contribution < 1.29 is 19.5 Å². The molecule has 22 heavy (non-hydrogen) atoms. The monoisotopic (exact) mass is 312 g/mol. The van der Waals surface area contributed by atoms with Gasteiger partial charge in [-0.3, -0.25) is 14.4 Å². The third-order valence-corrected chi connectivity index (χ3v) is 4.56. The van der Waals surface area contributed by atoms with Gasteiger partial charge in [0.2, 0.25) is 11.8 Å². The normalized spacial score (nSPS) is 19.9. The third kappa shape index (κ3) is 5.31. The zero-order valence-corrected chi connectivity index (χ0v) is 14.0. The summed E-state index contributed by atoms with van der Waals surface area (Å²) >= 11 is 0. The van der Waals surface area contributed by atoms with E-state index in [0.717, 1.165) is 0 Å². The summed E-state index contributed by atoms with van der Waals surface area (Å²) < 4.78 is 0. The smallest absolute Gasteiger partial charge is 0.308 e. The van der Waals surface area contributed by atoms with E-state index in [1.165, 1.54) is 4.90 Å². The summed E-state index contributed by atoms with van der Waals surface area (Å²) in [4.78, 5) is 38.4. The van der Waals surface area contributed by atoms with Crippen LogP contribution in [0.3, 0.4) is 0 Å². The Balaban J connectivity index is 2.49. The van der Waals surface area contributed by atoms with Gasteiger partial charge in [0.25, 0.3) is 0 Å². The first-order valence-electron chi connectivity index (χ1n) is 7.97. The molecule has 2 amide bonds. The summed E-state index contributed by atoms with van der Waals surface area (Å²) in [5.74, 6) is -0.851. The maximum absolute atomic E-state index is 12.2. The van der Waals surface area contributed by atoms with Crippen LogP contribution in [0.4, 0.5) is 0 Å². The molecule has 0 radical (unpaired) electrons. The molecule has 6 nitrogen and oxygen atoms in total. The van der Waals surface area contributed by atoms with E-state index in [4.69, 9.17) is 5.11 Å². The van der Waals surface area contributed by atoms with E-state index in [1.54, 1.807) is 11.9 Å². The van der Waals surface area contributed by atoms with Crippen molar-refractivity contribution in [1.82, 2.24) is 9.80 Å². The topological polar surface area (TPSA) is 77.9 Å². The Kier molecular flexibility index (Phi) is 6.84. The first-order chi connectivity index (χ1) is 10.2. The van der Waals surface area contributed by atoms with Gasteiger partial charge in [-0.2, -0.15) is 0 Å². The molecule has 0 aromatic carbocycles. The summed E-state index contributed by atoms with van der Waals surface area (Å²) in [6.45, 7) is 7.02. The summed E-state index contributed by atoms with van der Waals surface area (Å²) in [7, 11) is 1.63. The number of hydrogen-bond acceptors (Lipinski definition) is 3. The van der Waals surface area contributed by atoms with Gasteiger partial charge in [0, 0.05) is 26.6 Å². The molecule has 6 heteroatoms. The van der Waals surface area contributed by atoms with Crippen molar-refractivity contribution in [1.29, 1.82) is 0 Å². The number of rotatable bonds is 6. The van der Waals surface area contributed by atoms with Gasteiger partial charge >= 0.3 is 5.97 Å². The molecule has 1 aliphatic heterocycles. The number of amides is 2. The summed E-state index contributed by atoms with van der Waals surface area (Å²) in [5, 5.41) is 9.06. The maximum atomic E-state index is 12.2. The SMILES string of the molecule is CC(C)C(C)CC(=O)N(C)CC(=O)N1CCCC(C(=O)O)C1. The van der Waals surface area contributed by atoms with Gasteiger partial charge in [-0.25, -0.2) is 0 Å². The average Bonchev–Trinajstić information content (AvgIpc) is 2.46. The fraction of sp³-hybridized carbons (Fsp3) is 0.812. The number of piperidine rings is 1. The highest BCUT2D eigenvalue weighted by atomic mass is 16.4. The van der Waals surface area contributed by atoms with Gasteiger partial charge in [0.1, 0.15) is 0 Å². The van der Waals surface area contributed by atoms with Crippen LogP contribution in [-0.2, 0) is 14.4 Å². The predicted molar refractivity (Wildman–Crippen MR) is 83.2 cm³/mol. The molecule has 0 bridgehead atoms. The largest absolute Gasteiger partial charge is 0.481 e. The van der Waals surface area contributed by atoms with E-state index in [9.17, 15) is 14.4 Å². The molecule has 1 saturated heterocycles. The minimum atomic E-state index is -0.854. The number of likely N-dealkylation sites (tertiary alicyclic amines) is 1. The van der Waals surface area contributed by atoms with Crippen molar-refractivity contribution in [2.75, 3.05) is 26.7 Å². The molecule has 2 unspecified atom stereocenters. The van der Waals surface area contributed by atoms with E-state index in [-0.39, 0.29) is 30.8 Å². The number of aliphatic carboxylic acids is 1. The quantitative estimate of drug-likeness (QED) is 0.805. The molecular weight excluding hydrogens is 284 g/mol. The van der Waals surface area contributed by atoms with Crippen LogP contribution in [0, 0.1) is 17.8 Å². The highest BCUT2D eigenvalue weighted by Gasteiger charge is 2.29. The van der Waals surface area contributed by atoms with Crippen molar-refractivity contribution in [3.63, 3.8) is 0 Å². The van der Waals surface area contributed by atoms with Crippen molar-refractivity contribution in [3.05, 3.63) is 0 Å². The number of carbonyl (C=O) groups excluding carboxylic acids is 2. The molecule has 0 aliphatic carbocycles. The van der Waals surface area contributed by atoms with Crippen LogP contribution in [0.25, 0.3) is 0 Å². The van der Waals surface area contributed by atoms with Crippen molar-refractivity contribution in [2.24, 2.45) is 17.8 Å². The lowest BCUT2D eigenvalue weighted by molar-refractivity contribution is -0.147. The lowest BCUT2D eigenvalue weighted by atomic mass is 9.94. The molecular formula is C16H28N2O4. The third-order valence-electron chi connectivity index (χ3n) is 4.56. The molecule has 1 rings (SSSR count). The van der Waals surface area contributed by atoms with Crippen LogP contribution < -0.4 is 0 Å². The van der Waals surface area contributed by atoms with Crippen LogP contribution >= 0.6 is 0 Å². The average molecular weight is 312 g/mol. The molecule has 0 spiro atoms. The minimum absolute atomic E-state index is 0.0238. The Hall–Kier alpha value is -1.59. The van der Waals surface area contributed by atoms with Crippen molar-refractivity contribution >= 4 is 17.8 Å². The van der Waals surface area contributed by atoms with Crippen molar-refractivity contribution in [3.8, 4) is 0 Å². The summed E-state index contributed by atoms with van der Waals surface area (Å²) in [6, 6.07) is 0. The standard InChI is InChI=1S/C16H28N2O4/c1-11(2)12(3)8-14(19)17(4)10-15(20)18-7-5-6-13(9-18)16(21)22/h11-13H,5-10H2,1-4H3,(H,21,22). The van der Waals surface area contributed by atoms with Gasteiger partial charge in [-0.15, -0.1) is 0 Å². The lowest BCUT2D eigenvalue weighted by Gasteiger charge is -2.32. The van der Waals surface area contributed by atoms with Crippen LogP contribution in [0.1, 0.15) is 40.0 Å². The van der Waals surface area contributed by atoms with Gasteiger partial charge < -0.3 is 14.9 Å². The minimum Gasteiger partial charge on any atom is -0.481 e. The number of nitrogens with zero attached hydrogens (tertiary/aromatic N) is 2. The summed E-state index contributed by atoms with van der Waals surface area (Å²) in [5.41, 5.74) is 0. The van der Waals surface area contributed by atoms with E-state index < -0.39 is 11.9 Å². The Bertz CT molecular complexity index is 422. The zero-order chi connectivity index (χ0) is 16.9. The molecule has 1 heterocycles. The molecule has 126 valence electrons. The van der Waals surface area contributed by atoms with Gasteiger partial charge in [-0.05, 0) is 24.7 Å². The van der Waals surface area contributed by atoms with E-state index in [0.29, 0.717) is 31.7 Å². The van der Waals surface area contributed by atoms with Crippen LogP contribution in [0.15, 0.2) is 0 Å². The van der Waals surface area contributed by atoms with Crippen LogP contribution in [0.2, 0.25) is 0 Å². The number of carboxylic acids is 1. The fourth-order valence-electron chi connectivity index (χ4n) is 2.46. The molecule has 1 aliphatic rings. The van der Waals surface area contributed by atoms with Gasteiger partial charge in [-0.1, -0.05) is 20.8 Å². The first-order valence-corrected chi connectivity index (χ1v) is 7.97. The van der Waals surface area contributed by atoms with E-state index >= 15 is 0 Å². The summed E-state index contributed by atoms with van der Waals surface area (Å²) in [6.07, 6.45) is 1.74. The molecule has 2 atom stereocenters. The molecule has 1 N–H and O–H groups in total. The van der Waals surface area contributed by atoms with Crippen molar-refractivity contribution in [2.45, 2.75) is 40.0 Å². The molecule has 0 saturated carbocycles. The Labute approximate surface area is 132 Å². The Morgan fingerprint density at radius 1 is 1.27 bits per heavy atom. The van der Waals surface area contributed by atoms with Crippen LogP contribution in [0.5, 0.6) is 0 Å². The number of likely N-dealkylation sites (N-methyl/N-ethyl adjacent to an activating group) is 1. The fourth-order valence-corrected chi connectivity index (χ4v) is 2.46. The van der Waals surface area contributed by atoms with Crippen LogP contribution in [-0.4, -0.2) is 59.4 Å². The highest BCUT2D eigenvalue weighted by Crippen LogP contribution is 2.18. The second-order valence-electron chi connectivity index (χ2n) is 6.69. The van der Waals surface area contributed by atoms with Gasteiger partial charge in [0.15, 0.2) is 0 Å². The number of carboxylic acid groups (broad SMARTS) is 1. The first kappa shape index (κ1) is 18.5. The molecule has 0 aromatic rings. The maximum Gasteiger partial charge on any atom is 0.308 e. The van der Waals surface area contributed by atoms with Gasteiger partial charge in [0.05, 0.1) is 12.5 Å². The molecule has 1 fully saturated rings. The second kappa shape index (κ2) is 8.15. The number of hydrogen-bond donors (Lipinski definition) is 1. The second-order valence-corrected chi connectivity index (χ2v) is 6.69. The van der Waals surface area contributed by atoms with E-state index in [2.05, 4.69) is 13.8 Å². The Morgan fingerprint density at radius 3 is 2.45 bits per heavy atom. The van der Waals surface area contributed by atoms with E-state index in [1.807, 2.05) is 6.92 Å². The predicted octanol–water partition coefficient (Wildman–Crippen LogP) is 1.45. The molecule has 0 aromatic heterocycles. The Morgan fingerprint density at radius 2 is 1.91 bits per heavy atom. The highest BCUT2D eigenvalue weighted by molar-refractivity contribution is 5.85. The number of carbonyl (C=O) groups is 3.